The lowest BCUT2D eigenvalue weighted by Gasteiger charge is -2.32. The summed E-state index contributed by atoms with van der Waals surface area (Å²) >= 11 is 1.38. The Morgan fingerprint density at radius 1 is 1.29 bits per heavy atom. The molecule has 1 fully saturated rings. The molecule has 0 saturated carbocycles. The number of ether oxygens (including phenoxy) is 1. The number of nitrogens with one attached hydrogen (secondary N) is 1. The number of halogens is 1. The molecule has 1 N–H and O–H groups in total. The van der Waals surface area contributed by atoms with Crippen LogP contribution in [0.1, 0.15) is 11.8 Å². The van der Waals surface area contributed by atoms with Gasteiger partial charge in [0.25, 0.3) is 0 Å². The first kappa shape index (κ1) is 18.6. The Labute approximate surface area is 165 Å². The third-order valence-corrected chi connectivity index (χ3v) is 5.01. The number of aromatic nitrogens is 3. The monoisotopic (exact) mass is 399 g/mol. The summed E-state index contributed by atoms with van der Waals surface area (Å²) in [4.78, 5) is 27.1. The summed E-state index contributed by atoms with van der Waals surface area (Å²) in [5.41, 5.74) is 1.87. The van der Waals surface area contributed by atoms with Crippen LogP contribution in [0.4, 0.5) is 9.52 Å². The summed E-state index contributed by atoms with van der Waals surface area (Å²) in [6.45, 7) is 1.83. The van der Waals surface area contributed by atoms with Crippen molar-refractivity contribution in [3.05, 3.63) is 59.7 Å². The lowest BCUT2D eigenvalue weighted by molar-refractivity contribution is -0.119. The molecule has 3 aromatic rings. The molecule has 2 aromatic heterocycles. The first-order valence-corrected chi connectivity index (χ1v) is 9.67. The SMILES string of the molecule is O=C(CN1CCO[C@H](c2nccnc2-c2cccc(F)c2)C1)Nc1nccs1. The maximum atomic E-state index is 13.7. The van der Waals surface area contributed by atoms with Gasteiger partial charge in [0.2, 0.25) is 5.91 Å². The van der Waals surface area contributed by atoms with Crippen molar-refractivity contribution in [1.82, 2.24) is 19.9 Å². The minimum atomic E-state index is -0.353. The molecular weight excluding hydrogens is 381 g/mol. The second kappa shape index (κ2) is 8.51. The number of anilines is 1. The van der Waals surface area contributed by atoms with Crippen molar-refractivity contribution in [1.29, 1.82) is 0 Å². The minimum absolute atomic E-state index is 0.125. The normalized spacial score (nSPS) is 17.4. The Bertz CT molecular complexity index is 953. The van der Waals surface area contributed by atoms with Crippen molar-refractivity contribution >= 4 is 22.4 Å². The van der Waals surface area contributed by atoms with Crippen molar-refractivity contribution in [3.8, 4) is 11.3 Å². The smallest absolute Gasteiger partial charge is 0.240 e. The largest absolute Gasteiger partial charge is 0.369 e. The molecule has 1 aliphatic rings. The number of morpholine rings is 1. The molecule has 1 atom stereocenters. The lowest BCUT2D eigenvalue weighted by Crippen LogP contribution is -2.42. The van der Waals surface area contributed by atoms with E-state index in [-0.39, 0.29) is 24.4 Å². The van der Waals surface area contributed by atoms with Crippen LogP contribution in [0.5, 0.6) is 0 Å². The second-order valence-corrected chi connectivity index (χ2v) is 7.18. The molecule has 28 heavy (non-hydrogen) atoms. The van der Waals surface area contributed by atoms with E-state index in [1.54, 1.807) is 30.7 Å². The minimum Gasteiger partial charge on any atom is -0.369 e. The molecule has 1 amide bonds. The van der Waals surface area contributed by atoms with Crippen LogP contribution in [0, 0.1) is 5.82 Å². The maximum absolute atomic E-state index is 13.7. The highest BCUT2D eigenvalue weighted by Crippen LogP contribution is 2.29. The zero-order valence-corrected chi connectivity index (χ0v) is 15.7. The molecule has 3 heterocycles. The molecule has 144 valence electrons. The summed E-state index contributed by atoms with van der Waals surface area (Å²) in [6, 6.07) is 6.24. The number of hydrogen-bond acceptors (Lipinski definition) is 7. The van der Waals surface area contributed by atoms with Gasteiger partial charge in [-0.3, -0.25) is 19.7 Å². The van der Waals surface area contributed by atoms with Crippen LogP contribution in [-0.2, 0) is 9.53 Å². The van der Waals surface area contributed by atoms with Crippen LogP contribution < -0.4 is 5.32 Å². The van der Waals surface area contributed by atoms with Crippen molar-refractivity contribution < 1.29 is 13.9 Å². The quantitative estimate of drug-likeness (QED) is 0.711. The fourth-order valence-electron chi connectivity index (χ4n) is 3.10. The zero-order chi connectivity index (χ0) is 19.3. The number of thiazole rings is 1. The molecule has 0 radical (unpaired) electrons. The molecule has 0 bridgehead atoms. The van der Waals surface area contributed by atoms with Crippen LogP contribution in [0.15, 0.2) is 48.2 Å². The Morgan fingerprint density at radius 3 is 3.00 bits per heavy atom. The van der Waals surface area contributed by atoms with Gasteiger partial charge in [-0.1, -0.05) is 12.1 Å². The van der Waals surface area contributed by atoms with Gasteiger partial charge in [-0.05, 0) is 12.1 Å². The molecule has 0 unspecified atom stereocenters. The molecule has 7 nitrogen and oxygen atoms in total. The van der Waals surface area contributed by atoms with Gasteiger partial charge in [0, 0.05) is 42.6 Å². The molecule has 0 spiro atoms. The fourth-order valence-corrected chi connectivity index (χ4v) is 3.65. The van der Waals surface area contributed by atoms with Crippen LogP contribution in [-0.4, -0.2) is 52.0 Å². The highest BCUT2D eigenvalue weighted by molar-refractivity contribution is 7.13. The van der Waals surface area contributed by atoms with E-state index in [9.17, 15) is 9.18 Å². The van der Waals surface area contributed by atoms with Gasteiger partial charge in [-0.2, -0.15) is 0 Å². The second-order valence-electron chi connectivity index (χ2n) is 6.28. The van der Waals surface area contributed by atoms with Gasteiger partial charge < -0.3 is 10.1 Å². The van der Waals surface area contributed by atoms with E-state index in [2.05, 4.69) is 20.3 Å². The summed E-state index contributed by atoms with van der Waals surface area (Å²) in [7, 11) is 0. The Morgan fingerprint density at radius 2 is 2.18 bits per heavy atom. The fraction of sp³-hybridized carbons (Fsp3) is 0.263. The molecule has 0 aliphatic carbocycles. The number of nitrogens with zero attached hydrogens (tertiary/aromatic N) is 4. The number of carbonyl (C=O) groups is 1. The van der Waals surface area contributed by atoms with E-state index >= 15 is 0 Å². The first-order valence-electron chi connectivity index (χ1n) is 8.79. The van der Waals surface area contributed by atoms with E-state index in [1.165, 1.54) is 23.5 Å². The zero-order valence-electron chi connectivity index (χ0n) is 14.9. The number of carbonyl (C=O) groups excluding carboxylic acids is 1. The third kappa shape index (κ3) is 4.38. The van der Waals surface area contributed by atoms with Crippen molar-refractivity contribution in [3.63, 3.8) is 0 Å². The first-order chi connectivity index (χ1) is 13.7. The van der Waals surface area contributed by atoms with Gasteiger partial charge in [0.15, 0.2) is 5.13 Å². The molecular formula is C19H18FN5O2S. The Hall–Kier alpha value is -2.75. The molecule has 1 aromatic carbocycles. The summed E-state index contributed by atoms with van der Waals surface area (Å²) in [6.07, 6.45) is 4.46. The predicted molar refractivity (Wildman–Crippen MR) is 103 cm³/mol. The predicted octanol–water partition coefficient (Wildman–Crippen LogP) is 2.75. The molecule has 1 aliphatic heterocycles. The highest BCUT2D eigenvalue weighted by atomic mass is 32.1. The summed E-state index contributed by atoms with van der Waals surface area (Å²) in [5, 5.41) is 5.17. The number of benzene rings is 1. The van der Waals surface area contributed by atoms with E-state index < -0.39 is 0 Å². The van der Waals surface area contributed by atoms with Gasteiger partial charge >= 0.3 is 0 Å². The lowest BCUT2D eigenvalue weighted by atomic mass is 10.1. The van der Waals surface area contributed by atoms with E-state index in [4.69, 9.17) is 4.74 Å². The van der Waals surface area contributed by atoms with E-state index in [0.717, 1.165) is 0 Å². The van der Waals surface area contributed by atoms with Gasteiger partial charge in [0.05, 0.1) is 24.5 Å². The third-order valence-electron chi connectivity index (χ3n) is 4.33. The standard InChI is InChI=1S/C19H18FN5O2S/c20-14-3-1-2-13(10-14)17-18(22-5-4-21-17)15-11-25(7-8-27-15)12-16(26)24-19-23-6-9-28-19/h1-6,9-10,15H,7-8,11-12H2,(H,23,24,26)/t15-/m0/s1. The van der Waals surface area contributed by atoms with E-state index in [1.807, 2.05) is 10.3 Å². The number of hydrogen-bond donors (Lipinski definition) is 1. The van der Waals surface area contributed by atoms with E-state index in [0.29, 0.717) is 41.8 Å². The summed E-state index contributed by atoms with van der Waals surface area (Å²) < 4.78 is 19.5. The topological polar surface area (TPSA) is 80.2 Å². The number of rotatable bonds is 5. The van der Waals surface area contributed by atoms with Crippen molar-refractivity contribution in [2.75, 3.05) is 31.6 Å². The van der Waals surface area contributed by atoms with Crippen LogP contribution >= 0.6 is 11.3 Å². The molecule has 1 saturated heterocycles. The average Bonchev–Trinajstić information content (AvgIpc) is 3.21. The van der Waals surface area contributed by atoms with Gasteiger partial charge in [0.1, 0.15) is 11.9 Å². The van der Waals surface area contributed by atoms with Gasteiger partial charge in [-0.15, -0.1) is 11.3 Å². The Balaban J connectivity index is 1.48. The molecule has 9 heteroatoms. The highest BCUT2D eigenvalue weighted by Gasteiger charge is 2.27. The maximum Gasteiger partial charge on any atom is 0.240 e. The summed E-state index contributed by atoms with van der Waals surface area (Å²) in [5.74, 6) is -0.459. The van der Waals surface area contributed by atoms with Crippen LogP contribution in [0.3, 0.4) is 0 Å². The van der Waals surface area contributed by atoms with Gasteiger partial charge in [-0.25, -0.2) is 9.37 Å². The number of amides is 1. The average molecular weight is 399 g/mol. The molecule has 4 rings (SSSR count). The van der Waals surface area contributed by atoms with Crippen LogP contribution in [0.25, 0.3) is 11.3 Å². The Kier molecular flexibility index (Phi) is 5.65. The van der Waals surface area contributed by atoms with Crippen molar-refractivity contribution in [2.45, 2.75) is 6.10 Å². The van der Waals surface area contributed by atoms with Crippen LogP contribution in [0.2, 0.25) is 0 Å². The van der Waals surface area contributed by atoms with Crippen molar-refractivity contribution in [2.24, 2.45) is 0 Å².